The molecular weight excluding hydrogens is 660 g/mol. The minimum absolute atomic E-state index is 0.786. The Balaban J connectivity index is 0.000000141. The Morgan fingerprint density at radius 3 is 0.792 bits per heavy atom. The van der Waals surface area contributed by atoms with E-state index in [0.717, 1.165) is 10.4 Å². The van der Waals surface area contributed by atoms with Crippen LogP contribution in [0.3, 0.4) is 0 Å². The van der Waals surface area contributed by atoms with Gasteiger partial charge in [-0.2, -0.15) is 0 Å². The van der Waals surface area contributed by atoms with Gasteiger partial charge in [0.05, 0.1) is 0 Å². The van der Waals surface area contributed by atoms with Crippen LogP contribution in [0.5, 0.6) is 0 Å². The van der Waals surface area contributed by atoms with Gasteiger partial charge in [0.2, 0.25) is 0 Å². The Morgan fingerprint density at radius 1 is 0.208 bits per heavy atom. The molecule has 0 heterocycles. The van der Waals surface area contributed by atoms with Gasteiger partial charge in [-0.1, -0.05) is 218 Å². The molecule has 250 valence electrons. The molecule has 0 unspecified atom stereocenters. The van der Waals surface area contributed by atoms with Gasteiger partial charge in [0, 0.05) is 10.4 Å². The molecule has 0 radical (unpaired) electrons. The van der Waals surface area contributed by atoms with Gasteiger partial charge in [0.1, 0.15) is 0 Å². The van der Waals surface area contributed by atoms with E-state index in [2.05, 4.69) is 194 Å². The average molecular weight is 695 g/mol. The van der Waals surface area contributed by atoms with E-state index in [1.165, 1.54) is 82.2 Å². The molecule has 0 nitrogen and oxygen atoms in total. The zero-order valence-electron chi connectivity index (χ0n) is 29.1. The van der Waals surface area contributed by atoms with Crippen molar-refractivity contribution >= 4 is 54.7 Å². The van der Waals surface area contributed by atoms with E-state index in [0.29, 0.717) is 0 Å². The first-order valence-corrected chi connectivity index (χ1v) is 18.4. The molecule has 0 atom stereocenters. The Morgan fingerprint density at radius 2 is 0.453 bits per heavy atom. The van der Waals surface area contributed by atoms with Crippen molar-refractivity contribution in [1.29, 1.82) is 0 Å². The highest BCUT2D eigenvalue weighted by atomic mass is 35.5. The maximum atomic E-state index is 6.77. The van der Waals surface area contributed by atoms with Crippen LogP contribution in [0.1, 0.15) is 0 Å². The quantitative estimate of drug-likeness (QED) is 0.161. The van der Waals surface area contributed by atoms with Gasteiger partial charge >= 0.3 is 0 Å². The third-order valence-corrected chi connectivity index (χ3v) is 10.5. The van der Waals surface area contributed by atoms with E-state index in [-0.39, 0.29) is 0 Å². The molecule has 0 amide bonds. The third-order valence-electron chi connectivity index (χ3n) is 10.2. The molecule has 0 saturated carbocycles. The molecule has 10 rings (SSSR count). The first kappa shape index (κ1) is 32.4. The molecule has 0 N–H and O–H groups in total. The monoisotopic (exact) mass is 694 g/mol. The summed E-state index contributed by atoms with van der Waals surface area (Å²) in [5.41, 5.74) is 9.99. The minimum Gasteiger partial charge on any atom is -0.0836 e. The van der Waals surface area contributed by atoms with E-state index in [1.54, 1.807) is 0 Å². The SMILES string of the molecule is Clc1cccc2c(-c3ccccc3)c3ccccc3c(-c3ccccc3)c12.c1ccc(-c2c3ccccc3c(-c3ccccc3)c3ccccc23)cc1. The predicted octanol–water partition coefficient (Wildman–Crippen LogP) is 15.3. The third kappa shape index (κ3) is 5.94. The molecule has 0 fully saturated rings. The summed E-state index contributed by atoms with van der Waals surface area (Å²) in [4.78, 5) is 0. The lowest BCUT2D eigenvalue weighted by molar-refractivity contribution is 1.65. The average Bonchev–Trinajstić information content (AvgIpc) is 3.23. The highest BCUT2D eigenvalue weighted by molar-refractivity contribution is 6.39. The van der Waals surface area contributed by atoms with Crippen LogP contribution in [-0.2, 0) is 0 Å². The standard InChI is InChI=1S/C26H17Cl.C26H18/c27-23-17-9-16-22-24(18-10-3-1-4-11-18)20-14-7-8-15-21(20)25(26(22)23)19-12-5-2-6-13-19;1-3-11-19(12-4-1)25-21-15-7-9-17-23(21)26(20-13-5-2-6-14-20)24-18-10-8-16-22(24)25/h1-17H;1-18H. The maximum absolute atomic E-state index is 6.77. The Hall–Kier alpha value is -6.47. The smallest absolute Gasteiger partial charge is 0.0491 e. The van der Waals surface area contributed by atoms with Gasteiger partial charge in [-0.3, -0.25) is 0 Å². The van der Waals surface area contributed by atoms with E-state index >= 15 is 0 Å². The second kappa shape index (κ2) is 14.3. The number of benzene rings is 10. The fourth-order valence-corrected chi connectivity index (χ4v) is 8.24. The molecule has 10 aromatic carbocycles. The Kier molecular flexibility index (Phi) is 8.74. The van der Waals surface area contributed by atoms with Crippen molar-refractivity contribution in [3.8, 4) is 44.5 Å². The van der Waals surface area contributed by atoms with Gasteiger partial charge in [0.15, 0.2) is 0 Å². The zero-order chi connectivity index (χ0) is 35.6. The zero-order valence-corrected chi connectivity index (χ0v) is 29.8. The first-order chi connectivity index (χ1) is 26.3. The van der Waals surface area contributed by atoms with Gasteiger partial charge in [-0.25, -0.2) is 0 Å². The van der Waals surface area contributed by atoms with Crippen molar-refractivity contribution in [1.82, 2.24) is 0 Å². The summed E-state index contributed by atoms with van der Waals surface area (Å²) in [6.07, 6.45) is 0. The number of hydrogen-bond acceptors (Lipinski definition) is 0. The van der Waals surface area contributed by atoms with Crippen LogP contribution >= 0.6 is 11.6 Å². The number of rotatable bonds is 4. The molecular formula is C52H35Cl. The van der Waals surface area contributed by atoms with Crippen LogP contribution < -0.4 is 0 Å². The van der Waals surface area contributed by atoms with Crippen molar-refractivity contribution in [2.75, 3.05) is 0 Å². The largest absolute Gasteiger partial charge is 0.0836 e. The number of fused-ring (bicyclic) bond motifs is 4. The van der Waals surface area contributed by atoms with Crippen molar-refractivity contribution in [2.45, 2.75) is 0 Å². The normalized spacial score (nSPS) is 11.1. The molecule has 0 aliphatic rings. The van der Waals surface area contributed by atoms with Crippen LogP contribution in [0, 0.1) is 0 Å². The molecule has 0 saturated heterocycles. The molecule has 10 aromatic rings. The molecule has 0 aliphatic carbocycles. The van der Waals surface area contributed by atoms with E-state index in [1.807, 2.05) is 18.2 Å². The van der Waals surface area contributed by atoms with Crippen molar-refractivity contribution in [3.63, 3.8) is 0 Å². The second-order valence-corrected chi connectivity index (χ2v) is 13.7. The van der Waals surface area contributed by atoms with Crippen molar-refractivity contribution < 1.29 is 0 Å². The highest BCUT2D eigenvalue weighted by Crippen LogP contribution is 2.46. The molecule has 1 heteroatoms. The Labute approximate surface area is 315 Å². The lowest BCUT2D eigenvalue weighted by Gasteiger charge is -2.18. The van der Waals surface area contributed by atoms with Crippen molar-refractivity contribution in [2.24, 2.45) is 0 Å². The van der Waals surface area contributed by atoms with Crippen LogP contribution in [0.25, 0.3) is 87.6 Å². The van der Waals surface area contributed by atoms with Gasteiger partial charge in [-0.15, -0.1) is 0 Å². The highest BCUT2D eigenvalue weighted by Gasteiger charge is 2.18. The summed E-state index contributed by atoms with van der Waals surface area (Å²) in [6.45, 7) is 0. The molecule has 0 aliphatic heterocycles. The van der Waals surface area contributed by atoms with Crippen LogP contribution in [0.4, 0.5) is 0 Å². The van der Waals surface area contributed by atoms with E-state index in [9.17, 15) is 0 Å². The predicted molar refractivity (Wildman–Crippen MR) is 230 cm³/mol. The van der Waals surface area contributed by atoms with Gasteiger partial charge < -0.3 is 0 Å². The fourth-order valence-electron chi connectivity index (χ4n) is 7.97. The van der Waals surface area contributed by atoms with E-state index in [4.69, 9.17) is 11.6 Å². The van der Waals surface area contributed by atoms with Gasteiger partial charge in [0.25, 0.3) is 0 Å². The van der Waals surface area contributed by atoms with E-state index < -0.39 is 0 Å². The Bertz CT molecular complexity index is 2710. The lowest BCUT2D eigenvalue weighted by atomic mass is 9.86. The second-order valence-electron chi connectivity index (χ2n) is 13.3. The summed E-state index contributed by atoms with van der Waals surface area (Å²) in [5.74, 6) is 0. The number of hydrogen-bond donors (Lipinski definition) is 0. The summed E-state index contributed by atoms with van der Waals surface area (Å²) < 4.78 is 0. The molecule has 0 bridgehead atoms. The lowest BCUT2D eigenvalue weighted by Crippen LogP contribution is -1.91. The summed E-state index contributed by atoms with van der Waals surface area (Å²) in [5, 5.41) is 10.8. The number of halogens is 1. The van der Waals surface area contributed by atoms with Crippen LogP contribution in [-0.4, -0.2) is 0 Å². The first-order valence-electron chi connectivity index (χ1n) is 18.1. The topological polar surface area (TPSA) is 0 Å². The molecule has 0 aromatic heterocycles. The fraction of sp³-hybridized carbons (Fsp3) is 0. The molecule has 0 spiro atoms. The maximum Gasteiger partial charge on any atom is 0.0491 e. The van der Waals surface area contributed by atoms with Crippen LogP contribution in [0.15, 0.2) is 212 Å². The minimum atomic E-state index is 0.786. The van der Waals surface area contributed by atoms with Crippen LogP contribution in [0.2, 0.25) is 5.02 Å². The summed E-state index contributed by atoms with van der Waals surface area (Å²) >= 11 is 6.77. The summed E-state index contributed by atoms with van der Waals surface area (Å²) in [6, 6.07) is 74.9. The van der Waals surface area contributed by atoms with Gasteiger partial charge in [-0.05, 0) is 88.3 Å². The molecule has 53 heavy (non-hydrogen) atoms. The van der Waals surface area contributed by atoms with Crippen molar-refractivity contribution in [3.05, 3.63) is 217 Å². The summed E-state index contributed by atoms with van der Waals surface area (Å²) in [7, 11) is 0.